The smallest absolute Gasteiger partial charge is 0.126 e. The Morgan fingerprint density at radius 1 is 1.00 bits per heavy atom. The van der Waals surface area contributed by atoms with Crippen LogP contribution in [0.25, 0.3) is 11.1 Å². The predicted octanol–water partition coefficient (Wildman–Crippen LogP) is 4.72. The van der Waals surface area contributed by atoms with Gasteiger partial charge in [0.1, 0.15) is 5.75 Å². The molecule has 0 unspecified atom stereocenters. The van der Waals surface area contributed by atoms with Gasteiger partial charge < -0.3 is 4.74 Å². The third-order valence-corrected chi connectivity index (χ3v) is 3.40. The standard InChI is InChI=1S/C16H17ClO/c1-11-4-6-14(12(2)8-11)15-9-13(10-17)5-7-16(15)18-3/h4-9H,10H2,1-3H3. The Morgan fingerprint density at radius 3 is 2.39 bits per heavy atom. The minimum Gasteiger partial charge on any atom is -0.496 e. The molecule has 2 aromatic carbocycles. The highest BCUT2D eigenvalue weighted by atomic mass is 35.5. The first-order valence-electron chi connectivity index (χ1n) is 5.96. The minimum absolute atomic E-state index is 0.516. The molecule has 0 saturated heterocycles. The predicted molar refractivity (Wildman–Crippen MR) is 77.5 cm³/mol. The maximum atomic E-state index is 5.91. The number of hydrogen-bond donors (Lipinski definition) is 0. The van der Waals surface area contributed by atoms with Crippen molar-refractivity contribution >= 4 is 11.6 Å². The van der Waals surface area contributed by atoms with E-state index in [4.69, 9.17) is 16.3 Å². The van der Waals surface area contributed by atoms with Crippen molar-refractivity contribution in [3.8, 4) is 16.9 Å². The van der Waals surface area contributed by atoms with E-state index in [0.717, 1.165) is 16.9 Å². The third kappa shape index (κ3) is 2.51. The largest absolute Gasteiger partial charge is 0.496 e. The lowest BCUT2D eigenvalue weighted by atomic mass is 9.97. The van der Waals surface area contributed by atoms with E-state index in [-0.39, 0.29) is 0 Å². The number of benzene rings is 2. The zero-order chi connectivity index (χ0) is 13.1. The van der Waals surface area contributed by atoms with Gasteiger partial charge in [-0.3, -0.25) is 0 Å². The van der Waals surface area contributed by atoms with Crippen molar-refractivity contribution in [2.75, 3.05) is 7.11 Å². The van der Waals surface area contributed by atoms with E-state index in [1.54, 1.807) is 7.11 Å². The lowest BCUT2D eigenvalue weighted by Gasteiger charge is -2.13. The zero-order valence-electron chi connectivity index (χ0n) is 11.0. The number of ether oxygens (including phenoxy) is 1. The van der Waals surface area contributed by atoms with Crippen LogP contribution in [-0.4, -0.2) is 7.11 Å². The normalized spacial score (nSPS) is 10.4. The molecule has 94 valence electrons. The van der Waals surface area contributed by atoms with Gasteiger partial charge in [-0.05, 0) is 42.7 Å². The molecule has 0 aromatic heterocycles. The Labute approximate surface area is 113 Å². The molecule has 0 bridgehead atoms. The fraction of sp³-hybridized carbons (Fsp3) is 0.250. The number of rotatable bonds is 3. The van der Waals surface area contributed by atoms with Crippen molar-refractivity contribution in [2.45, 2.75) is 19.7 Å². The number of alkyl halides is 1. The van der Waals surface area contributed by atoms with E-state index in [1.165, 1.54) is 16.7 Å². The molecule has 2 rings (SSSR count). The van der Waals surface area contributed by atoms with Gasteiger partial charge in [0, 0.05) is 11.4 Å². The summed E-state index contributed by atoms with van der Waals surface area (Å²) in [4.78, 5) is 0. The van der Waals surface area contributed by atoms with Gasteiger partial charge in [0.2, 0.25) is 0 Å². The summed E-state index contributed by atoms with van der Waals surface area (Å²) in [7, 11) is 1.70. The van der Waals surface area contributed by atoms with E-state index in [0.29, 0.717) is 5.88 Å². The zero-order valence-corrected chi connectivity index (χ0v) is 11.7. The Kier molecular flexibility index (Phi) is 3.93. The van der Waals surface area contributed by atoms with Crippen LogP contribution in [0.15, 0.2) is 36.4 Å². The van der Waals surface area contributed by atoms with Crippen LogP contribution in [0.2, 0.25) is 0 Å². The molecule has 0 heterocycles. The van der Waals surface area contributed by atoms with E-state index < -0.39 is 0 Å². The maximum absolute atomic E-state index is 5.91. The quantitative estimate of drug-likeness (QED) is 0.726. The topological polar surface area (TPSA) is 9.23 Å². The molecule has 0 aliphatic carbocycles. The summed E-state index contributed by atoms with van der Waals surface area (Å²) in [5, 5.41) is 0. The van der Waals surface area contributed by atoms with Gasteiger partial charge >= 0.3 is 0 Å². The minimum atomic E-state index is 0.516. The average molecular weight is 261 g/mol. The number of hydrogen-bond acceptors (Lipinski definition) is 1. The molecule has 0 fully saturated rings. The Morgan fingerprint density at radius 2 is 1.78 bits per heavy atom. The highest BCUT2D eigenvalue weighted by Crippen LogP contribution is 2.33. The molecular weight excluding hydrogens is 244 g/mol. The van der Waals surface area contributed by atoms with Crippen LogP contribution < -0.4 is 4.74 Å². The molecule has 0 aliphatic heterocycles. The van der Waals surface area contributed by atoms with E-state index in [1.807, 2.05) is 12.1 Å². The Hall–Kier alpha value is -1.47. The molecule has 2 heteroatoms. The van der Waals surface area contributed by atoms with E-state index in [2.05, 4.69) is 38.1 Å². The monoisotopic (exact) mass is 260 g/mol. The second kappa shape index (κ2) is 5.45. The Balaban J connectivity index is 2.60. The van der Waals surface area contributed by atoms with Crippen molar-refractivity contribution in [2.24, 2.45) is 0 Å². The molecule has 0 radical (unpaired) electrons. The summed E-state index contributed by atoms with van der Waals surface area (Å²) in [6.07, 6.45) is 0. The van der Waals surface area contributed by atoms with Gasteiger partial charge in [-0.15, -0.1) is 11.6 Å². The van der Waals surface area contributed by atoms with Gasteiger partial charge in [-0.25, -0.2) is 0 Å². The van der Waals surface area contributed by atoms with Gasteiger partial charge in [0.15, 0.2) is 0 Å². The highest BCUT2D eigenvalue weighted by molar-refractivity contribution is 6.17. The van der Waals surface area contributed by atoms with Crippen LogP contribution in [0, 0.1) is 13.8 Å². The molecule has 0 atom stereocenters. The van der Waals surface area contributed by atoms with Gasteiger partial charge in [-0.1, -0.05) is 29.8 Å². The SMILES string of the molecule is COc1ccc(CCl)cc1-c1ccc(C)cc1C. The number of aryl methyl sites for hydroxylation is 2. The summed E-state index contributed by atoms with van der Waals surface area (Å²) in [6.45, 7) is 4.22. The molecule has 2 aromatic rings. The maximum Gasteiger partial charge on any atom is 0.126 e. The molecule has 0 aliphatic rings. The van der Waals surface area contributed by atoms with Crippen LogP contribution in [0.3, 0.4) is 0 Å². The molecule has 18 heavy (non-hydrogen) atoms. The number of methoxy groups -OCH3 is 1. The van der Waals surface area contributed by atoms with Crippen molar-refractivity contribution in [3.05, 3.63) is 53.1 Å². The second-order valence-corrected chi connectivity index (χ2v) is 4.75. The van der Waals surface area contributed by atoms with Gasteiger partial charge in [0.05, 0.1) is 7.11 Å². The van der Waals surface area contributed by atoms with Crippen LogP contribution in [-0.2, 0) is 5.88 Å². The molecule has 0 N–H and O–H groups in total. The fourth-order valence-corrected chi connectivity index (χ4v) is 2.33. The fourth-order valence-electron chi connectivity index (χ4n) is 2.16. The first-order valence-corrected chi connectivity index (χ1v) is 6.49. The first-order chi connectivity index (χ1) is 8.65. The highest BCUT2D eigenvalue weighted by Gasteiger charge is 2.09. The van der Waals surface area contributed by atoms with Crippen LogP contribution in [0.4, 0.5) is 0 Å². The van der Waals surface area contributed by atoms with Crippen molar-refractivity contribution < 1.29 is 4.74 Å². The summed E-state index contributed by atoms with van der Waals surface area (Å²) >= 11 is 5.91. The van der Waals surface area contributed by atoms with E-state index in [9.17, 15) is 0 Å². The second-order valence-electron chi connectivity index (χ2n) is 4.49. The molecule has 0 amide bonds. The summed E-state index contributed by atoms with van der Waals surface area (Å²) in [5.74, 6) is 1.40. The van der Waals surface area contributed by atoms with Crippen molar-refractivity contribution in [1.29, 1.82) is 0 Å². The molecule has 0 spiro atoms. The van der Waals surface area contributed by atoms with Crippen LogP contribution in [0.5, 0.6) is 5.75 Å². The van der Waals surface area contributed by atoms with Crippen LogP contribution >= 0.6 is 11.6 Å². The lowest BCUT2D eigenvalue weighted by Crippen LogP contribution is -1.92. The first kappa shape index (κ1) is 13.0. The third-order valence-electron chi connectivity index (χ3n) is 3.09. The molecule has 0 saturated carbocycles. The van der Waals surface area contributed by atoms with Crippen molar-refractivity contribution in [1.82, 2.24) is 0 Å². The average Bonchev–Trinajstić information content (AvgIpc) is 2.38. The molecular formula is C16H17ClO. The van der Waals surface area contributed by atoms with Crippen LogP contribution in [0.1, 0.15) is 16.7 Å². The summed E-state index contributed by atoms with van der Waals surface area (Å²) in [5.41, 5.74) is 5.92. The lowest BCUT2D eigenvalue weighted by molar-refractivity contribution is 0.416. The van der Waals surface area contributed by atoms with Gasteiger partial charge in [-0.2, -0.15) is 0 Å². The van der Waals surface area contributed by atoms with E-state index >= 15 is 0 Å². The Bertz CT molecular complexity index is 561. The van der Waals surface area contributed by atoms with Crippen molar-refractivity contribution in [3.63, 3.8) is 0 Å². The summed E-state index contributed by atoms with van der Waals surface area (Å²) < 4.78 is 5.44. The number of halogens is 1. The summed E-state index contributed by atoms with van der Waals surface area (Å²) in [6, 6.07) is 12.5. The molecule has 1 nitrogen and oxygen atoms in total. The van der Waals surface area contributed by atoms with Gasteiger partial charge in [0.25, 0.3) is 0 Å².